The van der Waals surface area contributed by atoms with Crippen molar-refractivity contribution in [3.05, 3.63) is 35.8 Å². The summed E-state index contributed by atoms with van der Waals surface area (Å²) in [6.45, 7) is 0.0932. The van der Waals surface area contributed by atoms with Crippen molar-refractivity contribution >= 4 is 22.8 Å². The number of benzene rings is 1. The second-order valence-corrected chi connectivity index (χ2v) is 4.88. The Morgan fingerprint density at radius 3 is 2.86 bits per heavy atom. The number of nitrogens with one attached hydrogen (secondary N) is 1. The largest absolute Gasteiger partial charge is 0.480 e. The molecule has 118 valence electrons. The van der Waals surface area contributed by atoms with Crippen LogP contribution in [0, 0.1) is 5.82 Å². The molecule has 2 rings (SSSR count). The van der Waals surface area contributed by atoms with Gasteiger partial charge in [-0.2, -0.15) is 0 Å². The van der Waals surface area contributed by atoms with Crippen molar-refractivity contribution in [3.8, 4) is 0 Å². The average molecular weight is 308 g/mol. The van der Waals surface area contributed by atoms with E-state index in [-0.39, 0.29) is 37.8 Å². The Morgan fingerprint density at radius 1 is 1.41 bits per heavy atom. The second-order valence-electron chi connectivity index (χ2n) is 4.88. The Balaban J connectivity index is 2.14. The van der Waals surface area contributed by atoms with Crippen molar-refractivity contribution in [2.24, 2.45) is 0 Å². The third-order valence-electron chi connectivity index (χ3n) is 3.32. The van der Waals surface area contributed by atoms with Crippen molar-refractivity contribution in [1.82, 2.24) is 9.88 Å². The van der Waals surface area contributed by atoms with Crippen LogP contribution >= 0.6 is 0 Å². The monoisotopic (exact) mass is 308 g/mol. The zero-order chi connectivity index (χ0) is 16.1. The smallest absolute Gasteiger partial charge is 0.323 e. The van der Waals surface area contributed by atoms with Crippen molar-refractivity contribution in [1.29, 1.82) is 0 Å². The lowest BCUT2D eigenvalue weighted by Gasteiger charge is -2.20. The molecular formula is C15H17FN2O4. The van der Waals surface area contributed by atoms with Crippen LogP contribution in [0.5, 0.6) is 0 Å². The third-order valence-corrected chi connectivity index (χ3v) is 3.32. The minimum atomic E-state index is -1.08. The van der Waals surface area contributed by atoms with Gasteiger partial charge in [0.2, 0.25) is 5.91 Å². The van der Waals surface area contributed by atoms with Gasteiger partial charge in [-0.1, -0.05) is 0 Å². The summed E-state index contributed by atoms with van der Waals surface area (Å²) in [4.78, 5) is 27.3. The van der Waals surface area contributed by atoms with Crippen LogP contribution in [0.25, 0.3) is 10.9 Å². The summed E-state index contributed by atoms with van der Waals surface area (Å²) in [6.07, 6.45) is 1.68. The fraction of sp³-hybridized carbons (Fsp3) is 0.333. The number of carbonyl (C=O) groups is 2. The third kappa shape index (κ3) is 3.82. The molecule has 0 unspecified atom stereocenters. The Morgan fingerprint density at radius 2 is 2.18 bits per heavy atom. The van der Waals surface area contributed by atoms with Gasteiger partial charge in [0, 0.05) is 30.8 Å². The first-order valence-corrected chi connectivity index (χ1v) is 6.75. The number of amides is 1. The molecule has 1 heterocycles. The molecule has 0 spiro atoms. The molecule has 22 heavy (non-hydrogen) atoms. The summed E-state index contributed by atoms with van der Waals surface area (Å²) in [5.41, 5.74) is 1.30. The lowest BCUT2D eigenvalue weighted by atomic mass is 10.1. The normalized spacial score (nSPS) is 10.8. The molecule has 0 saturated heterocycles. The van der Waals surface area contributed by atoms with Crippen LogP contribution in [0.2, 0.25) is 0 Å². The quantitative estimate of drug-likeness (QED) is 0.810. The number of fused-ring (bicyclic) bond motifs is 1. The molecule has 0 atom stereocenters. The SMILES string of the molecule is COCCN(CC(=O)O)C(=O)Cc1c[nH]c2cc(F)ccc12. The van der Waals surface area contributed by atoms with Crippen LogP contribution in [-0.4, -0.2) is 53.7 Å². The second kappa shape index (κ2) is 7.04. The van der Waals surface area contributed by atoms with E-state index in [1.165, 1.54) is 24.1 Å². The van der Waals surface area contributed by atoms with Crippen molar-refractivity contribution in [2.45, 2.75) is 6.42 Å². The highest BCUT2D eigenvalue weighted by molar-refractivity contribution is 5.90. The van der Waals surface area contributed by atoms with E-state index < -0.39 is 5.97 Å². The molecule has 1 aromatic heterocycles. The number of aromatic amines is 1. The Kier molecular flexibility index (Phi) is 5.11. The van der Waals surface area contributed by atoms with E-state index in [4.69, 9.17) is 9.84 Å². The summed E-state index contributed by atoms with van der Waals surface area (Å²) in [5, 5.41) is 9.62. The molecule has 2 N–H and O–H groups in total. The van der Waals surface area contributed by atoms with Gasteiger partial charge in [0.05, 0.1) is 13.0 Å². The minimum absolute atomic E-state index is 0.0443. The number of halogens is 1. The number of methoxy groups -OCH3 is 1. The molecule has 0 saturated carbocycles. The molecule has 1 aromatic carbocycles. The first-order valence-electron chi connectivity index (χ1n) is 6.75. The number of carboxylic acids is 1. The van der Waals surface area contributed by atoms with Crippen LogP contribution in [-0.2, 0) is 20.7 Å². The van der Waals surface area contributed by atoms with E-state index in [0.29, 0.717) is 11.1 Å². The highest BCUT2D eigenvalue weighted by Crippen LogP contribution is 2.20. The van der Waals surface area contributed by atoms with Gasteiger partial charge in [0.15, 0.2) is 0 Å². The van der Waals surface area contributed by atoms with Gasteiger partial charge < -0.3 is 19.7 Å². The molecule has 0 aliphatic heterocycles. The summed E-state index contributed by atoms with van der Waals surface area (Å²) < 4.78 is 18.0. The van der Waals surface area contributed by atoms with Crippen molar-refractivity contribution in [3.63, 3.8) is 0 Å². The molecule has 6 nitrogen and oxygen atoms in total. The van der Waals surface area contributed by atoms with Crippen molar-refractivity contribution in [2.75, 3.05) is 26.8 Å². The van der Waals surface area contributed by atoms with Gasteiger partial charge in [-0.05, 0) is 23.8 Å². The number of hydrogen-bond acceptors (Lipinski definition) is 3. The molecule has 0 aliphatic carbocycles. The van der Waals surface area contributed by atoms with E-state index in [0.717, 1.165) is 5.39 Å². The predicted molar refractivity (Wildman–Crippen MR) is 78.1 cm³/mol. The molecule has 0 aliphatic rings. The lowest BCUT2D eigenvalue weighted by Crippen LogP contribution is -2.38. The summed E-state index contributed by atoms with van der Waals surface area (Å²) >= 11 is 0. The molecule has 0 bridgehead atoms. The number of carboxylic acid groups (broad SMARTS) is 1. The molecule has 7 heteroatoms. The fourth-order valence-electron chi connectivity index (χ4n) is 2.24. The highest BCUT2D eigenvalue weighted by Gasteiger charge is 2.18. The van der Waals surface area contributed by atoms with Crippen LogP contribution < -0.4 is 0 Å². The standard InChI is InChI=1S/C15H17FN2O4/c1-22-5-4-18(9-15(20)21)14(19)6-10-8-17-13-7-11(16)2-3-12(10)13/h2-3,7-8,17H,4-6,9H2,1H3,(H,20,21). The van der Waals surface area contributed by atoms with E-state index in [2.05, 4.69) is 4.98 Å². The number of hydrogen-bond donors (Lipinski definition) is 2. The van der Waals surface area contributed by atoms with E-state index in [9.17, 15) is 14.0 Å². The Labute approximate surface area is 126 Å². The van der Waals surface area contributed by atoms with Crippen LogP contribution in [0.3, 0.4) is 0 Å². The maximum atomic E-state index is 13.1. The lowest BCUT2D eigenvalue weighted by molar-refractivity contribution is -0.144. The summed E-state index contributed by atoms with van der Waals surface area (Å²) in [5.74, 6) is -1.75. The van der Waals surface area contributed by atoms with Crippen LogP contribution in [0.1, 0.15) is 5.56 Å². The zero-order valence-electron chi connectivity index (χ0n) is 12.1. The van der Waals surface area contributed by atoms with Gasteiger partial charge in [-0.15, -0.1) is 0 Å². The first-order chi connectivity index (χ1) is 10.5. The molecule has 0 radical (unpaired) electrons. The number of aliphatic carboxylic acids is 1. The molecule has 0 fully saturated rings. The maximum absolute atomic E-state index is 13.1. The molecule has 2 aromatic rings. The Hall–Kier alpha value is -2.41. The minimum Gasteiger partial charge on any atom is -0.480 e. The zero-order valence-corrected chi connectivity index (χ0v) is 12.1. The maximum Gasteiger partial charge on any atom is 0.323 e. The van der Waals surface area contributed by atoms with Gasteiger partial charge in [-0.25, -0.2) is 4.39 Å². The Bertz CT molecular complexity index is 683. The van der Waals surface area contributed by atoms with Gasteiger partial charge in [-0.3, -0.25) is 9.59 Å². The van der Waals surface area contributed by atoms with Gasteiger partial charge >= 0.3 is 5.97 Å². The van der Waals surface area contributed by atoms with Gasteiger partial charge in [0.1, 0.15) is 12.4 Å². The summed E-state index contributed by atoms with van der Waals surface area (Å²) in [7, 11) is 1.48. The van der Waals surface area contributed by atoms with E-state index in [1.54, 1.807) is 12.3 Å². The van der Waals surface area contributed by atoms with E-state index in [1.807, 2.05) is 0 Å². The van der Waals surface area contributed by atoms with Crippen molar-refractivity contribution < 1.29 is 23.8 Å². The number of aromatic nitrogens is 1. The van der Waals surface area contributed by atoms with E-state index >= 15 is 0 Å². The predicted octanol–water partition coefficient (Wildman–Crippen LogP) is 1.41. The first kappa shape index (κ1) is 16.0. The number of carbonyl (C=O) groups excluding carboxylic acids is 1. The van der Waals surface area contributed by atoms with Crippen LogP contribution in [0.15, 0.2) is 24.4 Å². The van der Waals surface area contributed by atoms with Gasteiger partial charge in [0.25, 0.3) is 0 Å². The fourth-order valence-corrected chi connectivity index (χ4v) is 2.24. The topological polar surface area (TPSA) is 82.6 Å². The number of H-pyrrole nitrogens is 1. The molecular weight excluding hydrogens is 291 g/mol. The number of rotatable bonds is 7. The van der Waals surface area contributed by atoms with Crippen LogP contribution in [0.4, 0.5) is 4.39 Å². The number of ether oxygens (including phenoxy) is 1. The number of nitrogens with zero attached hydrogens (tertiary/aromatic N) is 1. The average Bonchev–Trinajstić information content (AvgIpc) is 2.85. The highest BCUT2D eigenvalue weighted by atomic mass is 19.1. The summed E-state index contributed by atoms with van der Waals surface area (Å²) in [6, 6.07) is 4.27. The molecule has 1 amide bonds.